The molecule has 178 valence electrons. The highest BCUT2D eigenvalue weighted by Crippen LogP contribution is 2.41. The summed E-state index contributed by atoms with van der Waals surface area (Å²) in [6.07, 6.45) is 1.82. The van der Waals surface area contributed by atoms with E-state index >= 15 is 0 Å². The van der Waals surface area contributed by atoms with Crippen LogP contribution in [-0.2, 0) is 0 Å². The highest BCUT2D eigenvalue weighted by atomic mass is 32.1. The van der Waals surface area contributed by atoms with Crippen LogP contribution in [0.2, 0.25) is 13.1 Å². The molecule has 5 aromatic rings. The zero-order valence-corrected chi connectivity index (χ0v) is 22.3. The first-order valence-corrected chi connectivity index (χ1v) is 16.2. The summed E-state index contributed by atoms with van der Waals surface area (Å²) in [5.41, 5.74) is 4.73. The molecular formula is C32H23NO2SSi. The number of benzene rings is 4. The maximum Gasteiger partial charge on any atom is 0.197 e. The molecule has 0 bridgehead atoms. The number of anilines is 3. The molecule has 7 rings (SSSR count). The van der Waals surface area contributed by atoms with E-state index in [0.717, 1.165) is 27.0 Å². The predicted molar refractivity (Wildman–Crippen MR) is 156 cm³/mol. The van der Waals surface area contributed by atoms with E-state index in [2.05, 4.69) is 72.6 Å². The van der Waals surface area contributed by atoms with E-state index in [9.17, 15) is 9.59 Å². The number of allylic oxidation sites excluding steroid dienone is 1. The van der Waals surface area contributed by atoms with Crippen molar-refractivity contribution in [3.63, 3.8) is 0 Å². The van der Waals surface area contributed by atoms with E-state index in [0.29, 0.717) is 11.1 Å². The first-order valence-electron chi connectivity index (χ1n) is 12.4. The number of rotatable bonds is 2. The number of carbonyl (C=O) groups excluding carboxylic acids is 2. The van der Waals surface area contributed by atoms with Crippen LogP contribution >= 0.6 is 11.3 Å². The van der Waals surface area contributed by atoms with Gasteiger partial charge in [-0.05, 0) is 58.4 Å². The Hall–Kier alpha value is -4.06. The number of para-hydroxylation sites is 2. The van der Waals surface area contributed by atoms with Gasteiger partial charge in [0, 0.05) is 31.9 Å². The molecule has 1 aliphatic carbocycles. The van der Waals surface area contributed by atoms with E-state index < -0.39 is 8.07 Å². The number of Topliss-reactive ketones (excluding diaryl/α,β-unsaturated/α-hetero) is 2. The molecule has 37 heavy (non-hydrogen) atoms. The molecule has 2 heterocycles. The van der Waals surface area contributed by atoms with Gasteiger partial charge in [-0.3, -0.25) is 9.59 Å². The van der Waals surface area contributed by atoms with Crippen LogP contribution in [0.3, 0.4) is 0 Å². The number of carbonyl (C=O) groups is 2. The van der Waals surface area contributed by atoms with Gasteiger partial charge in [0.15, 0.2) is 11.6 Å². The van der Waals surface area contributed by atoms with Crippen LogP contribution in [0.5, 0.6) is 0 Å². The van der Waals surface area contributed by atoms with Gasteiger partial charge in [-0.1, -0.05) is 73.8 Å². The second kappa shape index (κ2) is 7.97. The Labute approximate surface area is 220 Å². The van der Waals surface area contributed by atoms with E-state index in [1.165, 1.54) is 15.4 Å². The van der Waals surface area contributed by atoms with Crippen LogP contribution in [0.1, 0.15) is 25.6 Å². The zero-order chi connectivity index (χ0) is 25.3. The summed E-state index contributed by atoms with van der Waals surface area (Å²) in [5, 5.41) is 3.33. The van der Waals surface area contributed by atoms with Crippen LogP contribution < -0.4 is 14.6 Å². The fourth-order valence-electron chi connectivity index (χ4n) is 5.67. The van der Waals surface area contributed by atoms with Crippen LogP contribution in [-0.4, -0.2) is 19.6 Å². The lowest BCUT2D eigenvalue weighted by Gasteiger charge is -2.38. The van der Waals surface area contributed by atoms with Gasteiger partial charge < -0.3 is 4.90 Å². The van der Waals surface area contributed by atoms with Gasteiger partial charge in [0.05, 0.1) is 11.3 Å². The Bertz CT molecular complexity index is 1740. The Morgan fingerprint density at radius 1 is 0.703 bits per heavy atom. The number of thiophene rings is 1. The molecule has 1 aliphatic heterocycles. The Morgan fingerprint density at radius 2 is 1.30 bits per heavy atom. The van der Waals surface area contributed by atoms with Crippen molar-refractivity contribution in [2.45, 2.75) is 13.1 Å². The van der Waals surface area contributed by atoms with Gasteiger partial charge in [0.1, 0.15) is 8.07 Å². The summed E-state index contributed by atoms with van der Waals surface area (Å²) < 4.78 is 1.35. The predicted octanol–water partition coefficient (Wildman–Crippen LogP) is 6.97. The SMILES string of the molecule is C[Si]1(C)c2ccccc2N(c2ccccc2)c2cc(C=C3C(=O)c4cc5ccccc5cc4C3=O)sc21. The minimum atomic E-state index is -1.99. The van der Waals surface area contributed by atoms with Gasteiger partial charge in [0.25, 0.3) is 0 Å². The fourth-order valence-corrected chi connectivity index (χ4v) is 10.6. The lowest BCUT2D eigenvalue weighted by molar-refractivity contribution is 0.0990. The monoisotopic (exact) mass is 513 g/mol. The Balaban J connectivity index is 1.38. The molecule has 0 saturated carbocycles. The maximum absolute atomic E-state index is 13.4. The molecule has 0 fully saturated rings. The molecule has 0 atom stereocenters. The average Bonchev–Trinajstić information content (AvgIpc) is 3.44. The minimum Gasteiger partial charge on any atom is -0.310 e. The third-order valence-corrected chi connectivity index (χ3v) is 13.4. The molecule has 0 saturated heterocycles. The van der Waals surface area contributed by atoms with Crippen LogP contribution in [0.4, 0.5) is 17.1 Å². The third-order valence-electron chi connectivity index (χ3n) is 7.52. The normalized spacial score (nSPS) is 15.5. The summed E-state index contributed by atoms with van der Waals surface area (Å²) in [5.74, 6) is -0.367. The number of hydrogen-bond donors (Lipinski definition) is 0. The standard InChI is InChI=1S/C32H23NO2SSi/c1-37(2)29-15-9-8-14-27(29)33(22-12-4-3-5-13-22)28-19-23(36-32(28)37)18-26-30(34)24-16-20-10-6-7-11-21(20)17-25(24)31(26)35/h3-19H,1-2H3. The first-order chi connectivity index (χ1) is 17.9. The van der Waals surface area contributed by atoms with Gasteiger partial charge in [-0.25, -0.2) is 0 Å². The molecule has 0 amide bonds. The average molecular weight is 514 g/mol. The Kier molecular flexibility index (Phi) is 4.77. The quantitative estimate of drug-likeness (QED) is 0.145. The minimum absolute atomic E-state index is 0.183. The van der Waals surface area contributed by atoms with Gasteiger partial charge in [-0.2, -0.15) is 0 Å². The van der Waals surface area contributed by atoms with Crippen molar-refractivity contribution in [2.75, 3.05) is 4.90 Å². The number of ketones is 2. The first kappa shape index (κ1) is 22.2. The van der Waals surface area contributed by atoms with Crippen molar-refractivity contribution in [1.29, 1.82) is 0 Å². The van der Waals surface area contributed by atoms with E-state index in [-0.39, 0.29) is 17.1 Å². The van der Waals surface area contributed by atoms with Crippen molar-refractivity contribution in [2.24, 2.45) is 0 Å². The molecule has 2 aliphatic rings. The summed E-state index contributed by atoms with van der Waals surface area (Å²) in [6.45, 7) is 4.77. The third kappa shape index (κ3) is 3.24. The summed E-state index contributed by atoms with van der Waals surface area (Å²) in [4.78, 5) is 30.1. The largest absolute Gasteiger partial charge is 0.310 e. The Morgan fingerprint density at radius 3 is 1.97 bits per heavy atom. The molecule has 0 spiro atoms. The smallest absolute Gasteiger partial charge is 0.197 e. The second-order valence-electron chi connectivity index (χ2n) is 10.1. The summed E-state index contributed by atoms with van der Waals surface area (Å²) >= 11 is 1.72. The van der Waals surface area contributed by atoms with Gasteiger partial charge in [-0.15, -0.1) is 11.3 Å². The van der Waals surface area contributed by atoms with Crippen molar-refractivity contribution in [3.05, 3.63) is 119 Å². The van der Waals surface area contributed by atoms with Crippen molar-refractivity contribution >= 4 is 74.6 Å². The number of fused-ring (bicyclic) bond motifs is 4. The topological polar surface area (TPSA) is 37.4 Å². The van der Waals surface area contributed by atoms with Gasteiger partial charge in [0.2, 0.25) is 0 Å². The lowest BCUT2D eigenvalue weighted by atomic mass is 10.0. The lowest BCUT2D eigenvalue weighted by Crippen LogP contribution is -2.57. The second-order valence-corrected chi connectivity index (χ2v) is 15.9. The zero-order valence-electron chi connectivity index (χ0n) is 20.5. The summed E-state index contributed by atoms with van der Waals surface area (Å²) in [7, 11) is -1.99. The van der Waals surface area contributed by atoms with Crippen molar-refractivity contribution in [3.8, 4) is 0 Å². The summed E-state index contributed by atoms with van der Waals surface area (Å²) in [6, 6.07) is 32.8. The fraction of sp³-hybridized carbons (Fsp3) is 0.0625. The number of hydrogen-bond acceptors (Lipinski definition) is 4. The molecule has 0 N–H and O–H groups in total. The maximum atomic E-state index is 13.4. The highest BCUT2D eigenvalue weighted by molar-refractivity contribution is 7.31. The molecule has 4 aromatic carbocycles. The highest BCUT2D eigenvalue weighted by Gasteiger charge is 2.41. The van der Waals surface area contributed by atoms with Crippen LogP contribution in [0.25, 0.3) is 16.8 Å². The van der Waals surface area contributed by atoms with Crippen LogP contribution in [0, 0.1) is 0 Å². The molecule has 3 nitrogen and oxygen atoms in total. The van der Waals surface area contributed by atoms with Crippen molar-refractivity contribution in [1.82, 2.24) is 0 Å². The molecule has 0 unspecified atom stereocenters. The van der Waals surface area contributed by atoms with E-state index in [1.807, 2.05) is 48.5 Å². The van der Waals surface area contributed by atoms with Crippen LogP contribution in [0.15, 0.2) is 103 Å². The van der Waals surface area contributed by atoms with Gasteiger partial charge >= 0.3 is 0 Å². The molecule has 1 aromatic heterocycles. The van der Waals surface area contributed by atoms with Crippen molar-refractivity contribution < 1.29 is 9.59 Å². The van der Waals surface area contributed by atoms with E-state index in [1.54, 1.807) is 11.3 Å². The molecule has 0 radical (unpaired) electrons. The number of nitrogens with zero attached hydrogens (tertiary/aromatic N) is 1. The molecule has 5 heteroatoms. The van der Waals surface area contributed by atoms with E-state index in [4.69, 9.17) is 0 Å². The molecular weight excluding hydrogens is 491 g/mol.